The number of esters is 1. The first-order chi connectivity index (χ1) is 8.11. The molecule has 0 atom stereocenters. The van der Waals surface area contributed by atoms with Crippen molar-refractivity contribution in [3.63, 3.8) is 0 Å². The number of hydrogen-bond donors (Lipinski definition) is 0. The smallest absolute Gasteiger partial charge is 0.341 e. The minimum Gasteiger partial charge on any atom is -0.462 e. The van der Waals surface area contributed by atoms with Crippen molar-refractivity contribution >= 4 is 40.1 Å². The summed E-state index contributed by atoms with van der Waals surface area (Å²) in [6.07, 6.45) is 0. The van der Waals surface area contributed by atoms with E-state index in [4.69, 9.17) is 27.9 Å². The second-order valence-corrected chi connectivity index (χ2v) is 4.18. The van der Waals surface area contributed by atoms with E-state index in [2.05, 4.69) is 4.98 Å². The summed E-state index contributed by atoms with van der Waals surface area (Å²) in [5, 5.41) is 1.47. The summed E-state index contributed by atoms with van der Waals surface area (Å²) in [5.74, 6) is -0.480. The van der Waals surface area contributed by atoms with E-state index in [1.54, 1.807) is 31.2 Å². The normalized spacial score (nSPS) is 10.5. The third-order valence-corrected chi connectivity index (χ3v) is 2.75. The number of pyridine rings is 1. The van der Waals surface area contributed by atoms with Crippen molar-refractivity contribution in [2.75, 3.05) is 6.61 Å². The minimum atomic E-state index is -0.480. The van der Waals surface area contributed by atoms with Gasteiger partial charge >= 0.3 is 5.97 Å². The van der Waals surface area contributed by atoms with Crippen LogP contribution in [-0.4, -0.2) is 17.6 Å². The fourth-order valence-corrected chi connectivity index (χ4v) is 1.88. The van der Waals surface area contributed by atoms with Gasteiger partial charge in [0.2, 0.25) is 0 Å². The van der Waals surface area contributed by atoms with Gasteiger partial charge < -0.3 is 4.74 Å². The van der Waals surface area contributed by atoms with Crippen LogP contribution in [0.4, 0.5) is 0 Å². The Labute approximate surface area is 108 Å². The molecule has 2 rings (SSSR count). The number of rotatable bonds is 2. The zero-order valence-corrected chi connectivity index (χ0v) is 10.5. The van der Waals surface area contributed by atoms with E-state index in [0.717, 1.165) is 5.39 Å². The predicted octanol–water partition coefficient (Wildman–Crippen LogP) is 3.72. The van der Waals surface area contributed by atoms with Crippen molar-refractivity contribution in [1.82, 2.24) is 4.98 Å². The highest BCUT2D eigenvalue weighted by Gasteiger charge is 2.14. The van der Waals surface area contributed by atoms with Crippen molar-refractivity contribution in [3.8, 4) is 0 Å². The van der Waals surface area contributed by atoms with E-state index in [1.807, 2.05) is 0 Å². The lowest BCUT2D eigenvalue weighted by Crippen LogP contribution is -2.06. The fourth-order valence-electron chi connectivity index (χ4n) is 1.48. The Hall–Kier alpha value is -1.32. The molecular formula is C12H9Cl2NO2. The summed E-state index contributed by atoms with van der Waals surface area (Å²) in [6.45, 7) is 2.03. The van der Waals surface area contributed by atoms with Gasteiger partial charge in [0.1, 0.15) is 5.15 Å². The van der Waals surface area contributed by atoms with E-state index >= 15 is 0 Å². The molecule has 0 N–H and O–H groups in total. The maximum Gasteiger partial charge on any atom is 0.341 e. The lowest BCUT2D eigenvalue weighted by molar-refractivity contribution is 0.0526. The van der Waals surface area contributed by atoms with Gasteiger partial charge in [-0.2, -0.15) is 0 Å². The number of ether oxygens (including phenoxy) is 1. The standard InChI is InChI=1S/C12H9Cl2NO2/c1-2-17-12(16)9-6-7-5-8(13)3-4-10(7)15-11(9)14/h3-6H,2H2,1H3. The topological polar surface area (TPSA) is 39.2 Å². The summed E-state index contributed by atoms with van der Waals surface area (Å²) >= 11 is 11.8. The first kappa shape index (κ1) is 12.1. The Balaban J connectivity index is 2.57. The third kappa shape index (κ3) is 2.51. The first-order valence-electron chi connectivity index (χ1n) is 5.04. The molecule has 17 heavy (non-hydrogen) atoms. The van der Waals surface area contributed by atoms with Crippen LogP contribution in [0.15, 0.2) is 24.3 Å². The van der Waals surface area contributed by atoms with Gasteiger partial charge in [-0.15, -0.1) is 0 Å². The van der Waals surface area contributed by atoms with Crippen molar-refractivity contribution < 1.29 is 9.53 Å². The number of aromatic nitrogens is 1. The highest BCUT2D eigenvalue weighted by Crippen LogP contribution is 2.23. The van der Waals surface area contributed by atoms with E-state index in [1.165, 1.54) is 0 Å². The maximum absolute atomic E-state index is 11.6. The highest BCUT2D eigenvalue weighted by atomic mass is 35.5. The molecule has 0 aliphatic rings. The largest absolute Gasteiger partial charge is 0.462 e. The lowest BCUT2D eigenvalue weighted by atomic mass is 10.1. The average molecular weight is 270 g/mol. The van der Waals surface area contributed by atoms with Crippen LogP contribution in [0.1, 0.15) is 17.3 Å². The van der Waals surface area contributed by atoms with E-state index < -0.39 is 5.97 Å². The molecule has 5 heteroatoms. The fraction of sp³-hybridized carbons (Fsp3) is 0.167. The summed E-state index contributed by atoms with van der Waals surface area (Å²) in [4.78, 5) is 15.7. The first-order valence-corrected chi connectivity index (χ1v) is 5.80. The van der Waals surface area contributed by atoms with Gasteiger partial charge in [0.25, 0.3) is 0 Å². The molecule has 88 valence electrons. The van der Waals surface area contributed by atoms with E-state index in [0.29, 0.717) is 17.1 Å². The number of nitrogens with zero attached hydrogens (tertiary/aromatic N) is 1. The van der Waals surface area contributed by atoms with Gasteiger partial charge in [-0.3, -0.25) is 0 Å². The Kier molecular flexibility index (Phi) is 3.50. The molecule has 0 fully saturated rings. The monoisotopic (exact) mass is 269 g/mol. The van der Waals surface area contributed by atoms with Gasteiger partial charge in [-0.05, 0) is 31.2 Å². The SMILES string of the molecule is CCOC(=O)c1cc2cc(Cl)ccc2nc1Cl. The van der Waals surface area contributed by atoms with Crippen LogP contribution >= 0.6 is 23.2 Å². The van der Waals surface area contributed by atoms with Crippen LogP contribution in [-0.2, 0) is 4.74 Å². The molecule has 2 aromatic rings. The molecule has 0 bridgehead atoms. The molecule has 0 saturated carbocycles. The minimum absolute atomic E-state index is 0.137. The quantitative estimate of drug-likeness (QED) is 0.616. The lowest BCUT2D eigenvalue weighted by Gasteiger charge is -2.05. The van der Waals surface area contributed by atoms with Gasteiger partial charge in [-0.1, -0.05) is 23.2 Å². The Morgan fingerprint density at radius 1 is 1.35 bits per heavy atom. The van der Waals surface area contributed by atoms with Crippen molar-refractivity contribution in [3.05, 3.63) is 40.0 Å². The zero-order valence-electron chi connectivity index (χ0n) is 9.04. The summed E-state index contributed by atoms with van der Waals surface area (Å²) < 4.78 is 4.89. The van der Waals surface area contributed by atoms with E-state index in [9.17, 15) is 4.79 Å². The van der Waals surface area contributed by atoms with Crippen LogP contribution < -0.4 is 0 Å². The van der Waals surface area contributed by atoms with Gasteiger partial charge in [0.15, 0.2) is 0 Å². The van der Waals surface area contributed by atoms with Crippen molar-refractivity contribution in [2.45, 2.75) is 6.92 Å². The second-order valence-electron chi connectivity index (χ2n) is 3.38. The molecule has 1 aromatic carbocycles. The van der Waals surface area contributed by atoms with E-state index in [-0.39, 0.29) is 10.7 Å². The molecule has 1 heterocycles. The summed E-state index contributed by atoms with van der Waals surface area (Å²) in [5.41, 5.74) is 0.940. The number of benzene rings is 1. The number of hydrogen-bond acceptors (Lipinski definition) is 3. The number of carbonyl (C=O) groups excluding carboxylic acids is 1. The molecule has 0 amide bonds. The van der Waals surface area contributed by atoms with Gasteiger partial charge in [0, 0.05) is 10.4 Å². The molecule has 3 nitrogen and oxygen atoms in total. The van der Waals surface area contributed by atoms with Crippen molar-refractivity contribution in [1.29, 1.82) is 0 Å². The van der Waals surface area contributed by atoms with Crippen LogP contribution in [0.2, 0.25) is 10.2 Å². The molecule has 0 spiro atoms. The molecular weight excluding hydrogens is 261 g/mol. The number of halogens is 2. The van der Waals surface area contributed by atoms with Crippen LogP contribution in [0, 0.1) is 0 Å². The van der Waals surface area contributed by atoms with Crippen LogP contribution in [0.25, 0.3) is 10.9 Å². The van der Waals surface area contributed by atoms with Crippen molar-refractivity contribution in [2.24, 2.45) is 0 Å². The van der Waals surface area contributed by atoms with Gasteiger partial charge in [0.05, 0.1) is 17.7 Å². The average Bonchev–Trinajstić information content (AvgIpc) is 2.29. The number of fused-ring (bicyclic) bond motifs is 1. The Morgan fingerprint density at radius 3 is 2.82 bits per heavy atom. The molecule has 0 aliphatic heterocycles. The zero-order chi connectivity index (χ0) is 12.4. The predicted molar refractivity (Wildman–Crippen MR) is 67.7 cm³/mol. The Bertz CT molecular complexity index is 584. The van der Waals surface area contributed by atoms with Gasteiger partial charge in [-0.25, -0.2) is 9.78 Å². The molecule has 1 aromatic heterocycles. The Morgan fingerprint density at radius 2 is 2.12 bits per heavy atom. The molecule has 0 unspecified atom stereocenters. The second kappa shape index (κ2) is 4.90. The van der Waals surface area contributed by atoms with Crippen LogP contribution in [0.3, 0.4) is 0 Å². The summed E-state index contributed by atoms with van der Waals surface area (Å²) in [6, 6.07) is 6.83. The highest BCUT2D eigenvalue weighted by molar-refractivity contribution is 6.33. The maximum atomic E-state index is 11.6. The molecule has 0 radical (unpaired) electrons. The summed E-state index contributed by atoms with van der Waals surface area (Å²) in [7, 11) is 0. The third-order valence-electron chi connectivity index (χ3n) is 2.23. The number of carbonyl (C=O) groups is 1. The van der Waals surface area contributed by atoms with Crippen LogP contribution in [0.5, 0.6) is 0 Å². The molecule has 0 saturated heterocycles. The molecule has 0 aliphatic carbocycles.